The van der Waals surface area contributed by atoms with Gasteiger partial charge in [-0.05, 0) is 31.9 Å². The van der Waals surface area contributed by atoms with E-state index in [0.29, 0.717) is 18.5 Å². The largest absolute Gasteiger partial charge is 0.480 e. The number of rotatable bonds is 4. The second-order valence-corrected chi connectivity index (χ2v) is 4.93. The Morgan fingerprint density at radius 3 is 2.53 bits per heavy atom. The van der Waals surface area contributed by atoms with Gasteiger partial charge >= 0.3 is 5.97 Å². The van der Waals surface area contributed by atoms with Crippen molar-refractivity contribution in [3.63, 3.8) is 0 Å². The van der Waals surface area contributed by atoms with E-state index in [1.54, 1.807) is 19.1 Å². The second kappa shape index (κ2) is 4.87. The number of anilines is 1. The molecule has 0 spiro atoms. The van der Waals surface area contributed by atoms with Crippen LogP contribution in [0.3, 0.4) is 0 Å². The number of pyridine rings is 1. The van der Waals surface area contributed by atoms with E-state index >= 15 is 0 Å². The van der Waals surface area contributed by atoms with Gasteiger partial charge in [0.1, 0.15) is 11.4 Å². The monoisotopic (exact) mass is 263 g/mol. The highest BCUT2D eigenvalue weighted by Gasteiger charge is 2.42. The maximum absolute atomic E-state index is 11.5. The second-order valence-electron chi connectivity index (χ2n) is 4.93. The number of carbonyl (C=O) groups is 2. The van der Waals surface area contributed by atoms with Crippen LogP contribution in [-0.4, -0.2) is 27.5 Å². The number of aliphatic carboxylic acids is 1. The summed E-state index contributed by atoms with van der Waals surface area (Å²) in [6.45, 7) is 1.78. The lowest BCUT2D eigenvalue weighted by molar-refractivity contribution is -0.142. The van der Waals surface area contributed by atoms with Gasteiger partial charge in [0.05, 0.1) is 5.56 Å². The molecule has 0 atom stereocenters. The zero-order chi connectivity index (χ0) is 14.0. The molecule has 1 heterocycles. The van der Waals surface area contributed by atoms with E-state index in [-0.39, 0.29) is 11.4 Å². The van der Waals surface area contributed by atoms with Crippen molar-refractivity contribution >= 4 is 17.7 Å². The van der Waals surface area contributed by atoms with Gasteiger partial charge in [-0.2, -0.15) is 0 Å². The number of hydrogen-bond donors (Lipinski definition) is 3. The summed E-state index contributed by atoms with van der Waals surface area (Å²) >= 11 is 0. The zero-order valence-corrected chi connectivity index (χ0v) is 10.8. The Morgan fingerprint density at radius 1 is 1.37 bits per heavy atom. The van der Waals surface area contributed by atoms with E-state index in [0.717, 1.165) is 12.8 Å². The Hall–Kier alpha value is -2.11. The van der Waals surface area contributed by atoms with Crippen LogP contribution in [-0.2, 0) is 4.79 Å². The highest BCUT2D eigenvalue weighted by Crippen LogP contribution is 2.33. The number of aromatic nitrogens is 1. The van der Waals surface area contributed by atoms with E-state index in [2.05, 4.69) is 10.3 Å². The Bertz CT molecular complexity index is 522. The van der Waals surface area contributed by atoms with Gasteiger partial charge in [-0.3, -0.25) is 4.79 Å². The molecule has 2 rings (SSSR count). The fourth-order valence-corrected chi connectivity index (χ4v) is 2.45. The summed E-state index contributed by atoms with van der Waals surface area (Å²) in [5.41, 5.74) is 5.18. The summed E-state index contributed by atoms with van der Waals surface area (Å²) in [6, 6.07) is 3.24. The summed E-state index contributed by atoms with van der Waals surface area (Å²) in [5.74, 6) is -1.27. The van der Waals surface area contributed by atoms with Crippen molar-refractivity contribution in [2.24, 2.45) is 5.73 Å². The molecule has 1 amide bonds. The van der Waals surface area contributed by atoms with Crippen LogP contribution in [0, 0.1) is 6.92 Å². The quantitative estimate of drug-likeness (QED) is 0.759. The molecule has 0 aromatic carbocycles. The molecule has 0 bridgehead atoms. The SMILES string of the molecule is Cc1ccc(C(N)=O)c(NC2(C(=O)O)CCCC2)n1. The molecule has 1 aromatic rings. The lowest BCUT2D eigenvalue weighted by Gasteiger charge is -2.26. The molecule has 1 aromatic heterocycles. The van der Waals surface area contributed by atoms with Gasteiger partial charge in [0.15, 0.2) is 0 Å². The van der Waals surface area contributed by atoms with Crippen molar-refractivity contribution < 1.29 is 14.7 Å². The van der Waals surface area contributed by atoms with E-state index < -0.39 is 17.4 Å². The number of nitrogens with two attached hydrogens (primary N) is 1. The first-order valence-corrected chi connectivity index (χ1v) is 6.24. The first kappa shape index (κ1) is 13.3. The van der Waals surface area contributed by atoms with Crippen molar-refractivity contribution in [3.05, 3.63) is 23.4 Å². The number of carbonyl (C=O) groups excluding carboxylic acids is 1. The highest BCUT2D eigenvalue weighted by molar-refractivity contribution is 5.98. The zero-order valence-electron chi connectivity index (χ0n) is 10.8. The number of nitrogens with one attached hydrogen (secondary N) is 1. The standard InChI is InChI=1S/C13H17N3O3/c1-8-4-5-9(10(14)17)11(15-8)16-13(12(18)19)6-2-3-7-13/h4-5H,2-3,6-7H2,1H3,(H2,14,17)(H,15,16)(H,18,19). The molecule has 102 valence electrons. The summed E-state index contributed by atoms with van der Waals surface area (Å²) in [4.78, 5) is 27.1. The Morgan fingerprint density at radius 2 is 2.00 bits per heavy atom. The van der Waals surface area contributed by atoms with Gasteiger partial charge in [-0.15, -0.1) is 0 Å². The van der Waals surface area contributed by atoms with Crippen LogP contribution in [0.15, 0.2) is 12.1 Å². The number of aryl methyl sites for hydroxylation is 1. The normalized spacial score (nSPS) is 17.1. The van der Waals surface area contributed by atoms with Gasteiger partial charge in [-0.25, -0.2) is 9.78 Å². The van der Waals surface area contributed by atoms with Crippen LogP contribution in [0.1, 0.15) is 41.7 Å². The number of carboxylic acids is 1. The molecular formula is C13H17N3O3. The minimum atomic E-state index is -1.04. The molecule has 1 saturated carbocycles. The minimum absolute atomic E-state index is 0.220. The molecule has 19 heavy (non-hydrogen) atoms. The molecule has 4 N–H and O–H groups in total. The van der Waals surface area contributed by atoms with Gasteiger partial charge < -0.3 is 16.2 Å². The third-order valence-corrected chi connectivity index (χ3v) is 3.52. The fraction of sp³-hybridized carbons (Fsp3) is 0.462. The third-order valence-electron chi connectivity index (χ3n) is 3.52. The van der Waals surface area contributed by atoms with Crippen molar-refractivity contribution in [3.8, 4) is 0 Å². The van der Waals surface area contributed by atoms with Crippen molar-refractivity contribution in [1.29, 1.82) is 0 Å². The molecular weight excluding hydrogens is 246 g/mol. The average molecular weight is 263 g/mol. The summed E-state index contributed by atoms with van der Waals surface area (Å²) in [7, 11) is 0. The first-order chi connectivity index (χ1) is 8.94. The summed E-state index contributed by atoms with van der Waals surface area (Å²) in [6.07, 6.45) is 2.74. The van der Waals surface area contributed by atoms with Crippen LogP contribution in [0.5, 0.6) is 0 Å². The van der Waals surface area contributed by atoms with Crippen LogP contribution < -0.4 is 11.1 Å². The van der Waals surface area contributed by atoms with Gasteiger partial charge in [0.25, 0.3) is 5.91 Å². The van der Waals surface area contributed by atoms with Crippen molar-refractivity contribution in [1.82, 2.24) is 4.98 Å². The maximum atomic E-state index is 11.5. The predicted molar refractivity (Wildman–Crippen MR) is 69.9 cm³/mol. The third kappa shape index (κ3) is 2.52. The molecule has 0 unspecified atom stereocenters. The first-order valence-electron chi connectivity index (χ1n) is 6.24. The molecule has 1 fully saturated rings. The smallest absolute Gasteiger partial charge is 0.329 e. The number of hydrogen-bond acceptors (Lipinski definition) is 4. The summed E-state index contributed by atoms with van der Waals surface area (Å²) in [5, 5.41) is 12.4. The lowest BCUT2D eigenvalue weighted by atomic mass is 9.97. The lowest BCUT2D eigenvalue weighted by Crippen LogP contribution is -2.44. The van der Waals surface area contributed by atoms with Crippen LogP contribution in [0.4, 0.5) is 5.82 Å². The summed E-state index contributed by atoms with van der Waals surface area (Å²) < 4.78 is 0. The topological polar surface area (TPSA) is 105 Å². The number of carboxylic acid groups (broad SMARTS) is 1. The van der Waals surface area contributed by atoms with Crippen molar-refractivity contribution in [2.75, 3.05) is 5.32 Å². The number of amides is 1. The molecule has 0 saturated heterocycles. The minimum Gasteiger partial charge on any atom is -0.480 e. The molecule has 6 nitrogen and oxygen atoms in total. The molecule has 6 heteroatoms. The van der Waals surface area contributed by atoms with Gasteiger partial charge in [0, 0.05) is 5.69 Å². The molecule has 0 radical (unpaired) electrons. The van der Waals surface area contributed by atoms with Crippen LogP contribution in [0.2, 0.25) is 0 Å². The molecule has 0 aliphatic heterocycles. The van der Waals surface area contributed by atoms with E-state index in [9.17, 15) is 14.7 Å². The van der Waals surface area contributed by atoms with Crippen molar-refractivity contribution in [2.45, 2.75) is 38.1 Å². The maximum Gasteiger partial charge on any atom is 0.329 e. The van der Waals surface area contributed by atoms with E-state index in [4.69, 9.17) is 5.73 Å². The predicted octanol–water partition coefficient (Wildman–Crippen LogP) is 1.30. The van der Waals surface area contributed by atoms with Gasteiger partial charge in [-0.1, -0.05) is 12.8 Å². The number of primary amides is 1. The van der Waals surface area contributed by atoms with Gasteiger partial charge in [0.2, 0.25) is 0 Å². The van der Waals surface area contributed by atoms with Crippen LogP contribution in [0.25, 0.3) is 0 Å². The molecule has 1 aliphatic carbocycles. The Balaban J connectivity index is 2.39. The Labute approximate surface area is 111 Å². The van der Waals surface area contributed by atoms with E-state index in [1.807, 2.05) is 0 Å². The Kier molecular flexibility index (Phi) is 3.42. The fourth-order valence-electron chi connectivity index (χ4n) is 2.45. The van der Waals surface area contributed by atoms with E-state index in [1.165, 1.54) is 0 Å². The highest BCUT2D eigenvalue weighted by atomic mass is 16.4. The van der Waals surface area contributed by atoms with Crippen LogP contribution >= 0.6 is 0 Å². The molecule has 1 aliphatic rings. The average Bonchev–Trinajstić information content (AvgIpc) is 2.78. The number of nitrogens with zero attached hydrogens (tertiary/aromatic N) is 1.